The SMILES string of the molecule is COc1cc(C)c(S(=O)(=O)N[C@H]2CCCC[C@@H]2C)cc1C. The molecule has 0 bridgehead atoms. The molecule has 0 aromatic heterocycles. The summed E-state index contributed by atoms with van der Waals surface area (Å²) < 4.78 is 33.5. The maximum atomic E-state index is 12.7. The van der Waals surface area contributed by atoms with Crippen LogP contribution in [0.2, 0.25) is 0 Å². The van der Waals surface area contributed by atoms with Crippen LogP contribution in [0.5, 0.6) is 5.75 Å². The van der Waals surface area contributed by atoms with Crippen molar-refractivity contribution < 1.29 is 13.2 Å². The van der Waals surface area contributed by atoms with Crippen molar-refractivity contribution in [1.29, 1.82) is 0 Å². The molecule has 0 saturated heterocycles. The van der Waals surface area contributed by atoms with Crippen molar-refractivity contribution >= 4 is 10.0 Å². The Hall–Kier alpha value is -1.07. The van der Waals surface area contributed by atoms with Crippen LogP contribution in [0.1, 0.15) is 43.7 Å². The molecule has 2 atom stereocenters. The Labute approximate surface area is 127 Å². The van der Waals surface area contributed by atoms with Gasteiger partial charge in [0.1, 0.15) is 5.75 Å². The molecule has 21 heavy (non-hydrogen) atoms. The molecule has 0 spiro atoms. The molecule has 5 heteroatoms. The minimum Gasteiger partial charge on any atom is -0.496 e. The highest BCUT2D eigenvalue weighted by Crippen LogP contribution is 2.28. The van der Waals surface area contributed by atoms with Crippen LogP contribution < -0.4 is 9.46 Å². The Morgan fingerprint density at radius 2 is 1.81 bits per heavy atom. The fourth-order valence-corrected chi connectivity index (χ4v) is 4.72. The summed E-state index contributed by atoms with van der Waals surface area (Å²) in [5.41, 5.74) is 1.55. The Morgan fingerprint density at radius 1 is 1.14 bits per heavy atom. The van der Waals surface area contributed by atoms with Gasteiger partial charge in [-0.05, 0) is 55.9 Å². The zero-order chi connectivity index (χ0) is 15.6. The van der Waals surface area contributed by atoms with Crippen LogP contribution >= 0.6 is 0 Å². The summed E-state index contributed by atoms with van der Waals surface area (Å²) in [5.74, 6) is 1.12. The number of methoxy groups -OCH3 is 1. The van der Waals surface area contributed by atoms with Gasteiger partial charge in [-0.2, -0.15) is 0 Å². The third-order valence-corrected chi connectivity index (χ3v) is 6.03. The number of rotatable bonds is 4. The van der Waals surface area contributed by atoms with Crippen molar-refractivity contribution in [1.82, 2.24) is 4.72 Å². The Balaban J connectivity index is 2.29. The molecule has 1 aliphatic rings. The fraction of sp³-hybridized carbons (Fsp3) is 0.625. The number of aryl methyl sites for hydroxylation is 2. The highest BCUT2D eigenvalue weighted by Gasteiger charge is 2.28. The first-order chi connectivity index (χ1) is 9.85. The van der Waals surface area contributed by atoms with Crippen molar-refractivity contribution in [3.63, 3.8) is 0 Å². The quantitative estimate of drug-likeness (QED) is 0.929. The lowest BCUT2D eigenvalue weighted by Gasteiger charge is -2.29. The van der Waals surface area contributed by atoms with Crippen molar-refractivity contribution in [2.45, 2.75) is 57.4 Å². The average molecular weight is 311 g/mol. The summed E-state index contributed by atoms with van der Waals surface area (Å²) in [7, 11) is -1.88. The van der Waals surface area contributed by atoms with Gasteiger partial charge in [0.05, 0.1) is 12.0 Å². The molecule has 1 saturated carbocycles. The summed E-state index contributed by atoms with van der Waals surface area (Å²) in [6, 6.07) is 3.53. The van der Waals surface area contributed by atoms with Gasteiger partial charge in [0, 0.05) is 6.04 Å². The van der Waals surface area contributed by atoms with Gasteiger partial charge in [0.15, 0.2) is 0 Å². The van der Waals surface area contributed by atoms with E-state index in [-0.39, 0.29) is 6.04 Å². The van der Waals surface area contributed by atoms with Crippen LogP contribution in [0.3, 0.4) is 0 Å². The molecule has 0 aliphatic heterocycles. The largest absolute Gasteiger partial charge is 0.496 e. The first-order valence-corrected chi connectivity index (χ1v) is 9.01. The fourth-order valence-electron chi connectivity index (χ4n) is 3.03. The second-order valence-corrected chi connectivity index (χ2v) is 7.76. The smallest absolute Gasteiger partial charge is 0.241 e. The lowest BCUT2D eigenvalue weighted by molar-refractivity contribution is 0.310. The van der Waals surface area contributed by atoms with E-state index in [0.717, 1.165) is 30.6 Å². The molecule has 0 heterocycles. The van der Waals surface area contributed by atoms with Crippen LogP contribution in [-0.2, 0) is 10.0 Å². The molecule has 0 radical (unpaired) electrons. The van der Waals surface area contributed by atoms with Gasteiger partial charge in [0.25, 0.3) is 0 Å². The molecular weight excluding hydrogens is 286 g/mol. The monoisotopic (exact) mass is 311 g/mol. The molecule has 118 valence electrons. The number of hydrogen-bond acceptors (Lipinski definition) is 3. The summed E-state index contributed by atoms with van der Waals surface area (Å²) in [4.78, 5) is 0.360. The maximum absolute atomic E-state index is 12.7. The van der Waals surface area contributed by atoms with Crippen LogP contribution in [-0.4, -0.2) is 21.6 Å². The van der Waals surface area contributed by atoms with E-state index in [4.69, 9.17) is 4.74 Å². The number of hydrogen-bond donors (Lipinski definition) is 1. The maximum Gasteiger partial charge on any atom is 0.241 e. The van der Waals surface area contributed by atoms with Gasteiger partial charge in [-0.25, -0.2) is 13.1 Å². The minimum atomic E-state index is -3.48. The third-order valence-electron chi connectivity index (χ3n) is 4.40. The van der Waals surface area contributed by atoms with Crippen LogP contribution in [0.15, 0.2) is 17.0 Å². The summed E-state index contributed by atoms with van der Waals surface area (Å²) in [6.45, 7) is 5.79. The average Bonchev–Trinajstić information content (AvgIpc) is 2.43. The highest BCUT2D eigenvalue weighted by atomic mass is 32.2. The zero-order valence-corrected chi connectivity index (χ0v) is 14.1. The summed E-state index contributed by atoms with van der Waals surface area (Å²) >= 11 is 0. The predicted molar refractivity (Wildman–Crippen MR) is 84.2 cm³/mol. The van der Waals surface area contributed by atoms with Crippen molar-refractivity contribution in [2.24, 2.45) is 5.92 Å². The van der Waals surface area contributed by atoms with E-state index >= 15 is 0 Å². The molecule has 4 nitrogen and oxygen atoms in total. The lowest BCUT2D eigenvalue weighted by atomic mass is 9.87. The van der Waals surface area contributed by atoms with E-state index in [1.165, 1.54) is 6.42 Å². The Morgan fingerprint density at radius 3 is 2.43 bits per heavy atom. The van der Waals surface area contributed by atoms with Crippen molar-refractivity contribution in [3.05, 3.63) is 23.3 Å². The second-order valence-electron chi connectivity index (χ2n) is 6.08. The van der Waals surface area contributed by atoms with Crippen molar-refractivity contribution in [3.8, 4) is 5.75 Å². The standard InChI is InChI=1S/C16H25NO3S/c1-11-7-5-6-8-14(11)17-21(18,19)16-10-12(2)15(20-4)9-13(16)3/h9-11,14,17H,5-8H2,1-4H3/t11-,14-/m0/s1. The molecular formula is C16H25NO3S. The molecule has 0 unspecified atom stereocenters. The van der Waals surface area contributed by atoms with Crippen LogP contribution in [0.4, 0.5) is 0 Å². The van der Waals surface area contributed by atoms with E-state index < -0.39 is 10.0 Å². The number of nitrogens with one attached hydrogen (secondary N) is 1. The van der Waals surface area contributed by atoms with Gasteiger partial charge in [-0.3, -0.25) is 0 Å². The topological polar surface area (TPSA) is 55.4 Å². The molecule has 2 rings (SSSR count). The first kappa shape index (κ1) is 16.3. The third kappa shape index (κ3) is 3.58. The minimum absolute atomic E-state index is 0.0468. The molecule has 1 aromatic carbocycles. The predicted octanol–water partition coefficient (Wildman–Crippen LogP) is 3.17. The normalized spacial score (nSPS) is 23.0. The Kier molecular flexibility index (Phi) is 4.94. The molecule has 1 N–H and O–H groups in total. The van der Waals surface area contributed by atoms with Gasteiger partial charge in [-0.1, -0.05) is 19.8 Å². The van der Waals surface area contributed by atoms with E-state index in [2.05, 4.69) is 11.6 Å². The lowest BCUT2D eigenvalue weighted by Crippen LogP contribution is -2.41. The van der Waals surface area contributed by atoms with Crippen LogP contribution in [0.25, 0.3) is 0 Å². The molecule has 1 aromatic rings. The van der Waals surface area contributed by atoms with Crippen molar-refractivity contribution in [2.75, 3.05) is 7.11 Å². The number of ether oxygens (including phenoxy) is 1. The molecule has 1 aliphatic carbocycles. The first-order valence-electron chi connectivity index (χ1n) is 7.52. The zero-order valence-electron chi connectivity index (χ0n) is 13.3. The summed E-state index contributed by atoms with van der Waals surface area (Å²) in [5, 5.41) is 0. The van der Waals surface area contributed by atoms with Gasteiger partial charge in [-0.15, -0.1) is 0 Å². The van der Waals surface area contributed by atoms with Crippen LogP contribution in [0, 0.1) is 19.8 Å². The van der Waals surface area contributed by atoms with Gasteiger partial charge < -0.3 is 4.74 Å². The van der Waals surface area contributed by atoms with E-state index in [1.54, 1.807) is 26.2 Å². The van der Waals surface area contributed by atoms with E-state index in [0.29, 0.717) is 16.4 Å². The highest BCUT2D eigenvalue weighted by molar-refractivity contribution is 7.89. The number of benzene rings is 1. The van der Waals surface area contributed by atoms with Gasteiger partial charge in [0.2, 0.25) is 10.0 Å². The van der Waals surface area contributed by atoms with E-state index in [9.17, 15) is 8.42 Å². The second kappa shape index (κ2) is 6.36. The molecule has 0 amide bonds. The Bertz CT molecular complexity index is 610. The molecule has 1 fully saturated rings. The number of sulfonamides is 1. The van der Waals surface area contributed by atoms with E-state index in [1.807, 2.05) is 6.92 Å². The summed E-state index contributed by atoms with van der Waals surface area (Å²) in [6.07, 6.45) is 4.31. The van der Waals surface area contributed by atoms with Gasteiger partial charge >= 0.3 is 0 Å².